The van der Waals surface area contributed by atoms with E-state index in [9.17, 15) is 0 Å². The van der Waals surface area contributed by atoms with E-state index in [4.69, 9.17) is 10.5 Å². The van der Waals surface area contributed by atoms with E-state index in [2.05, 4.69) is 45.8 Å². The maximum atomic E-state index is 5.89. The molecule has 26 heavy (non-hydrogen) atoms. The number of fused-ring (bicyclic) bond motifs is 1. The number of nitrogens with two attached hydrogens (primary N) is 1. The van der Waals surface area contributed by atoms with Crippen LogP contribution in [0.1, 0.15) is 37.3 Å². The summed E-state index contributed by atoms with van der Waals surface area (Å²) < 4.78 is 7.67. The third kappa shape index (κ3) is 3.90. The maximum Gasteiger partial charge on any atom is 0.222 e. The van der Waals surface area contributed by atoms with Crippen LogP contribution in [0.5, 0.6) is 5.75 Å². The Kier molecular flexibility index (Phi) is 5.61. The van der Waals surface area contributed by atoms with Crippen LogP contribution < -0.4 is 15.8 Å². The lowest BCUT2D eigenvalue weighted by molar-refractivity contribution is 0.408. The average Bonchev–Trinajstić information content (AvgIpc) is 3.01. The number of hydrogen-bond acceptors (Lipinski definition) is 5. The van der Waals surface area contributed by atoms with Crippen molar-refractivity contribution in [3.63, 3.8) is 0 Å². The molecular weight excluding hydrogens is 326 g/mol. The summed E-state index contributed by atoms with van der Waals surface area (Å²) in [7, 11) is 1.70. The Morgan fingerprint density at radius 2 is 2.04 bits per heavy atom. The van der Waals surface area contributed by atoms with E-state index >= 15 is 0 Å². The van der Waals surface area contributed by atoms with E-state index < -0.39 is 0 Å². The molecule has 0 unspecified atom stereocenters. The van der Waals surface area contributed by atoms with Gasteiger partial charge in [-0.05, 0) is 25.5 Å². The number of unbranched alkanes of at least 4 members (excludes halogenated alkanes) is 2. The van der Waals surface area contributed by atoms with Gasteiger partial charge in [0.1, 0.15) is 11.3 Å². The Hall–Kier alpha value is -2.76. The van der Waals surface area contributed by atoms with Crippen molar-refractivity contribution < 1.29 is 4.74 Å². The molecular formula is C20H27N5O. The molecule has 0 aliphatic heterocycles. The third-order valence-corrected chi connectivity index (χ3v) is 4.48. The molecule has 0 aliphatic rings. The van der Waals surface area contributed by atoms with Crippen LogP contribution in [-0.2, 0) is 6.54 Å². The quantitative estimate of drug-likeness (QED) is 0.599. The first-order valence-electron chi connectivity index (χ1n) is 9.12. The maximum absolute atomic E-state index is 5.89. The molecule has 2 heterocycles. The van der Waals surface area contributed by atoms with Gasteiger partial charge in [-0.3, -0.25) is 0 Å². The summed E-state index contributed by atoms with van der Waals surface area (Å²) >= 11 is 0. The largest absolute Gasteiger partial charge is 0.496 e. The lowest BCUT2D eigenvalue weighted by Gasteiger charge is -2.14. The van der Waals surface area contributed by atoms with E-state index in [-0.39, 0.29) is 0 Å². The Morgan fingerprint density at radius 1 is 1.19 bits per heavy atom. The van der Waals surface area contributed by atoms with Crippen LogP contribution in [0.3, 0.4) is 0 Å². The molecule has 3 aromatic rings. The molecule has 0 bridgehead atoms. The van der Waals surface area contributed by atoms with Crippen molar-refractivity contribution in [1.29, 1.82) is 0 Å². The van der Waals surface area contributed by atoms with Crippen LogP contribution in [0.2, 0.25) is 0 Å². The minimum atomic E-state index is 0.293. The zero-order valence-electron chi connectivity index (χ0n) is 15.7. The number of nitrogens with one attached hydrogen (secondary N) is 1. The number of benzene rings is 1. The van der Waals surface area contributed by atoms with Crippen LogP contribution in [0.25, 0.3) is 11.0 Å². The van der Waals surface area contributed by atoms with Crippen LogP contribution in [0, 0.1) is 6.92 Å². The van der Waals surface area contributed by atoms with Crippen molar-refractivity contribution in [3.8, 4) is 5.75 Å². The monoisotopic (exact) mass is 353 g/mol. The first kappa shape index (κ1) is 18.0. The number of rotatable bonds is 8. The predicted octanol–water partition coefficient (Wildman–Crippen LogP) is 3.98. The average molecular weight is 353 g/mol. The highest BCUT2D eigenvalue weighted by Gasteiger charge is 2.13. The van der Waals surface area contributed by atoms with Gasteiger partial charge in [-0.15, -0.1) is 0 Å². The van der Waals surface area contributed by atoms with Gasteiger partial charge in [0.05, 0.1) is 19.2 Å². The molecule has 1 aromatic carbocycles. The highest BCUT2D eigenvalue weighted by molar-refractivity contribution is 5.87. The second-order valence-corrected chi connectivity index (χ2v) is 6.56. The number of aryl methyl sites for hydroxylation is 1. The SMILES string of the molecule is CCCCCNc1nc(N)nc2ccn(Cc3cc(C)ccc3OC)c12. The van der Waals surface area contributed by atoms with Crippen LogP contribution in [-0.4, -0.2) is 28.2 Å². The lowest BCUT2D eigenvalue weighted by Crippen LogP contribution is -2.09. The topological polar surface area (TPSA) is 78.0 Å². The first-order valence-corrected chi connectivity index (χ1v) is 9.12. The van der Waals surface area contributed by atoms with E-state index in [0.717, 1.165) is 41.1 Å². The number of nitrogens with zero attached hydrogens (tertiary/aromatic N) is 3. The fraction of sp³-hybridized carbons (Fsp3) is 0.400. The molecule has 0 atom stereocenters. The van der Waals surface area contributed by atoms with E-state index in [1.54, 1.807) is 7.11 Å². The molecule has 0 spiro atoms. The Balaban J connectivity index is 1.95. The number of aromatic nitrogens is 3. The van der Waals surface area contributed by atoms with E-state index in [1.807, 2.05) is 18.3 Å². The van der Waals surface area contributed by atoms with Gasteiger partial charge in [0.2, 0.25) is 5.95 Å². The molecule has 0 amide bonds. The summed E-state index contributed by atoms with van der Waals surface area (Å²) in [6.45, 7) is 5.84. The van der Waals surface area contributed by atoms with Crippen LogP contribution in [0.4, 0.5) is 11.8 Å². The molecule has 6 nitrogen and oxygen atoms in total. The summed E-state index contributed by atoms with van der Waals surface area (Å²) in [4.78, 5) is 8.81. The first-order chi connectivity index (χ1) is 12.6. The third-order valence-electron chi connectivity index (χ3n) is 4.48. The van der Waals surface area contributed by atoms with E-state index in [1.165, 1.54) is 18.4 Å². The van der Waals surface area contributed by atoms with Crippen LogP contribution in [0.15, 0.2) is 30.5 Å². The number of hydrogen-bond donors (Lipinski definition) is 2. The molecule has 2 aromatic heterocycles. The molecule has 0 saturated carbocycles. The minimum absolute atomic E-state index is 0.293. The molecule has 3 N–H and O–H groups in total. The zero-order valence-corrected chi connectivity index (χ0v) is 15.7. The molecule has 0 saturated heterocycles. The molecule has 6 heteroatoms. The minimum Gasteiger partial charge on any atom is -0.496 e. The Labute approximate surface area is 154 Å². The summed E-state index contributed by atoms with van der Waals surface area (Å²) in [6.07, 6.45) is 5.51. The number of methoxy groups -OCH3 is 1. The van der Waals surface area contributed by atoms with Crippen molar-refractivity contribution in [2.24, 2.45) is 0 Å². The highest BCUT2D eigenvalue weighted by atomic mass is 16.5. The predicted molar refractivity (Wildman–Crippen MR) is 107 cm³/mol. The molecule has 0 radical (unpaired) electrons. The van der Waals surface area contributed by atoms with E-state index in [0.29, 0.717) is 12.5 Å². The Morgan fingerprint density at radius 3 is 2.81 bits per heavy atom. The second kappa shape index (κ2) is 8.08. The van der Waals surface area contributed by atoms with Crippen molar-refractivity contribution in [2.75, 3.05) is 24.7 Å². The normalized spacial score (nSPS) is 11.0. The van der Waals surface area contributed by atoms with Crippen molar-refractivity contribution >= 4 is 22.8 Å². The highest BCUT2D eigenvalue weighted by Crippen LogP contribution is 2.26. The summed E-state index contributed by atoms with van der Waals surface area (Å²) in [5.41, 5.74) is 10.0. The molecule has 0 aliphatic carbocycles. The zero-order chi connectivity index (χ0) is 18.5. The van der Waals surface area contributed by atoms with Gasteiger partial charge in [0, 0.05) is 18.3 Å². The number of anilines is 2. The van der Waals surface area contributed by atoms with Crippen LogP contribution >= 0.6 is 0 Å². The van der Waals surface area contributed by atoms with Gasteiger partial charge in [-0.25, -0.2) is 4.98 Å². The molecule has 3 rings (SSSR count). The summed E-state index contributed by atoms with van der Waals surface area (Å²) in [6, 6.07) is 8.19. The number of ether oxygens (including phenoxy) is 1. The lowest BCUT2D eigenvalue weighted by atomic mass is 10.1. The van der Waals surface area contributed by atoms with Gasteiger partial charge < -0.3 is 20.4 Å². The standard InChI is InChI=1S/C20H27N5O/c1-4-5-6-10-22-19-18-16(23-20(21)24-19)9-11-25(18)13-15-12-14(2)7-8-17(15)26-3/h7-9,11-12H,4-6,10,13H2,1-3H3,(H3,21,22,23,24). The Bertz CT molecular complexity index is 887. The van der Waals surface area contributed by atoms with Crippen molar-refractivity contribution in [3.05, 3.63) is 41.6 Å². The van der Waals surface area contributed by atoms with Gasteiger partial charge in [-0.1, -0.05) is 37.5 Å². The van der Waals surface area contributed by atoms with Gasteiger partial charge in [0.15, 0.2) is 5.82 Å². The number of nitrogen functional groups attached to an aromatic ring is 1. The summed E-state index contributed by atoms with van der Waals surface area (Å²) in [5.74, 6) is 1.97. The van der Waals surface area contributed by atoms with Gasteiger partial charge in [-0.2, -0.15) is 4.98 Å². The van der Waals surface area contributed by atoms with Crippen molar-refractivity contribution in [1.82, 2.24) is 14.5 Å². The summed E-state index contributed by atoms with van der Waals surface area (Å²) in [5, 5.41) is 3.43. The molecule has 138 valence electrons. The fourth-order valence-corrected chi connectivity index (χ4v) is 3.18. The van der Waals surface area contributed by atoms with Crippen molar-refractivity contribution in [2.45, 2.75) is 39.7 Å². The van der Waals surface area contributed by atoms with Gasteiger partial charge >= 0.3 is 0 Å². The smallest absolute Gasteiger partial charge is 0.222 e. The van der Waals surface area contributed by atoms with Gasteiger partial charge in [0.25, 0.3) is 0 Å². The second-order valence-electron chi connectivity index (χ2n) is 6.56. The molecule has 0 fully saturated rings. The fourth-order valence-electron chi connectivity index (χ4n) is 3.18.